The summed E-state index contributed by atoms with van der Waals surface area (Å²) in [6, 6.07) is 0. The van der Waals surface area contributed by atoms with E-state index in [4.69, 9.17) is 5.26 Å². The maximum absolute atomic E-state index is 11.0. The average Bonchev–Trinajstić information content (AvgIpc) is 1.68. The lowest BCUT2D eigenvalue weighted by Gasteiger charge is -2.12. The molecule has 0 spiro atoms. The van der Waals surface area contributed by atoms with Crippen molar-refractivity contribution >= 4 is 22.1 Å². The van der Waals surface area contributed by atoms with Crippen molar-refractivity contribution in [2.45, 2.75) is 0 Å². The minimum atomic E-state index is -1.07. The summed E-state index contributed by atoms with van der Waals surface area (Å²) < 4.78 is 11.0. The van der Waals surface area contributed by atoms with Gasteiger partial charge in [-0.25, -0.2) is 4.20 Å². The third-order valence-corrected chi connectivity index (χ3v) is 1.35. The molecule has 1 unspecified atom stereocenters. The van der Waals surface area contributed by atoms with Crippen LogP contribution in [-0.2, 0) is 4.89 Å². The zero-order chi connectivity index (χ0) is 5.70. The summed E-state index contributed by atoms with van der Waals surface area (Å²) in [6.07, 6.45) is 0. The van der Waals surface area contributed by atoms with Crippen LogP contribution in [0.15, 0.2) is 0 Å². The smallest absolute Gasteiger partial charge is 0.121 e. The van der Waals surface area contributed by atoms with Gasteiger partial charge in [0.1, 0.15) is 8.58 Å². The highest BCUT2D eigenvalue weighted by Crippen LogP contribution is 2.28. The van der Waals surface area contributed by atoms with Crippen LogP contribution in [0.3, 0.4) is 0 Å². The average molecular weight is 142 g/mol. The van der Waals surface area contributed by atoms with Gasteiger partial charge in [-0.05, 0) is 13.6 Å². The molecule has 0 aliphatic rings. The van der Waals surface area contributed by atoms with Crippen molar-refractivity contribution in [2.24, 2.45) is 0 Å². The summed E-state index contributed by atoms with van der Waals surface area (Å²) in [7, 11) is -1.26. The van der Waals surface area contributed by atoms with Gasteiger partial charge in [0.2, 0.25) is 0 Å². The highest BCUT2D eigenvalue weighted by Gasteiger charge is 1.67. The lowest BCUT2D eigenvalue weighted by Crippen LogP contribution is -2.24. The van der Waals surface area contributed by atoms with Crippen LogP contribution in [0, 0.1) is 0 Å². The van der Waals surface area contributed by atoms with Crippen molar-refractivity contribution in [1.82, 2.24) is 0 Å². The van der Waals surface area contributed by atoms with Gasteiger partial charge in [0, 0.05) is 0 Å². The lowest BCUT2D eigenvalue weighted by molar-refractivity contribution is -0.664. The van der Waals surface area contributed by atoms with Crippen molar-refractivity contribution in [1.29, 1.82) is 0 Å². The summed E-state index contributed by atoms with van der Waals surface area (Å²) in [5.74, 6) is 0. The second-order valence-corrected chi connectivity index (χ2v) is 2.48. The SMILES string of the molecule is [O-]OC([O-])=PPF. The van der Waals surface area contributed by atoms with Gasteiger partial charge in [-0.15, -0.1) is 0 Å². The maximum Gasteiger partial charge on any atom is 0.121 e. The molecular formula is CHFO3P2-2. The molecule has 0 aliphatic heterocycles. The molecule has 1 atom stereocenters. The largest absolute Gasteiger partial charge is 0.805 e. The van der Waals surface area contributed by atoms with Crippen LogP contribution in [0.4, 0.5) is 4.20 Å². The molecule has 0 heterocycles. The van der Waals surface area contributed by atoms with Gasteiger partial charge in [0.05, 0.1) is 0 Å². The minimum absolute atomic E-state index is 0.203. The molecule has 42 valence electrons. The third kappa shape index (κ3) is 4.26. The van der Waals surface area contributed by atoms with E-state index in [-0.39, 0.29) is 7.89 Å². The Bertz CT molecular complexity index is 73.3. The number of halogens is 1. The molecule has 0 aromatic carbocycles. The Morgan fingerprint density at radius 1 is 1.86 bits per heavy atom. The lowest BCUT2D eigenvalue weighted by atomic mass is 11.5. The molecule has 0 aromatic rings. The van der Waals surface area contributed by atoms with Crippen LogP contribution in [0.2, 0.25) is 0 Å². The zero-order valence-electron chi connectivity index (χ0n) is 3.05. The molecular weight excluding hydrogens is 141 g/mol. The summed E-state index contributed by atoms with van der Waals surface area (Å²) in [5, 5.41) is 18.6. The molecule has 0 fully saturated rings. The number of rotatable bonds is 2. The first-order valence-electron chi connectivity index (χ1n) is 1.21. The summed E-state index contributed by atoms with van der Waals surface area (Å²) in [4.78, 5) is 2.86. The van der Waals surface area contributed by atoms with Gasteiger partial charge in [-0.2, -0.15) is 0 Å². The summed E-state index contributed by atoms with van der Waals surface area (Å²) >= 11 is 0. The van der Waals surface area contributed by atoms with E-state index in [1.165, 1.54) is 0 Å². The predicted molar refractivity (Wildman–Crippen MR) is 22.4 cm³/mol. The predicted octanol–water partition coefficient (Wildman–Crippen LogP) is -0.850. The Morgan fingerprint density at radius 2 is 2.43 bits per heavy atom. The summed E-state index contributed by atoms with van der Waals surface area (Å²) in [5.41, 5.74) is -1.07. The zero-order valence-corrected chi connectivity index (χ0v) is 4.94. The fourth-order valence-electron chi connectivity index (χ4n) is 0.0531. The van der Waals surface area contributed by atoms with Crippen LogP contribution in [0.5, 0.6) is 0 Å². The molecule has 0 radical (unpaired) electrons. The van der Waals surface area contributed by atoms with E-state index in [0.29, 0.717) is 0 Å². The fourth-order valence-corrected chi connectivity index (χ4v) is 0.478. The van der Waals surface area contributed by atoms with Gasteiger partial charge in [0.25, 0.3) is 0 Å². The van der Waals surface area contributed by atoms with Gasteiger partial charge in [0.15, 0.2) is 0 Å². The van der Waals surface area contributed by atoms with Crippen molar-refractivity contribution in [3.05, 3.63) is 0 Å². The van der Waals surface area contributed by atoms with E-state index in [0.717, 1.165) is 0 Å². The second kappa shape index (κ2) is 4.57. The fraction of sp³-hybridized carbons (Fsp3) is 0. The van der Waals surface area contributed by atoms with Crippen LogP contribution in [0.25, 0.3) is 0 Å². The van der Waals surface area contributed by atoms with Crippen LogP contribution < -0.4 is 10.4 Å². The van der Waals surface area contributed by atoms with Crippen molar-refractivity contribution in [2.75, 3.05) is 0 Å². The van der Waals surface area contributed by atoms with Crippen molar-refractivity contribution < 1.29 is 19.4 Å². The molecule has 0 amide bonds. The van der Waals surface area contributed by atoms with E-state index in [2.05, 4.69) is 4.89 Å². The minimum Gasteiger partial charge on any atom is -0.805 e. The first-order chi connectivity index (χ1) is 3.31. The Balaban J connectivity index is 3.29. The Kier molecular flexibility index (Phi) is 4.83. The van der Waals surface area contributed by atoms with E-state index in [1.54, 1.807) is 0 Å². The molecule has 0 rings (SSSR count). The molecule has 7 heavy (non-hydrogen) atoms. The summed E-state index contributed by atoms with van der Waals surface area (Å²) in [6.45, 7) is 0. The normalized spacial score (nSPS) is 13.9. The van der Waals surface area contributed by atoms with Crippen molar-refractivity contribution in [3.8, 4) is 0 Å². The topological polar surface area (TPSA) is 55.3 Å². The van der Waals surface area contributed by atoms with Crippen LogP contribution in [-0.4, -0.2) is 5.67 Å². The molecule has 6 heteroatoms. The van der Waals surface area contributed by atoms with Gasteiger partial charge >= 0.3 is 0 Å². The number of hydrogen-bond donors (Lipinski definition) is 0. The Morgan fingerprint density at radius 3 is 2.57 bits per heavy atom. The highest BCUT2D eigenvalue weighted by molar-refractivity contribution is 8.08. The first-order valence-corrected chi connectivity index (χ1v) is 3.83. The van der Waals surface area contributed by atoms with E-state index in [1.807, 2.05) is 0 Å². The molecule has 0 aliphatic carbocycles. The van der Waals surface area contributed by atoms with Gasteiger partial charge in [-0.3, -0.25) is 0 Å². The molecule has 0 N–H and O–H groups in total. The molecule has 0 aromatic heterocycles. The van der Waals surface area contributed by atoms with E-state index >= 15 is 0 Å². The standard InChI is InChI=1S/CH3FO3P2/c2-7-6-1(3)5-4/h3-4,7H/p-2. The number of hydrogen-bond acceptors (Lipinski definition) is 3. The Hall–Kier alpha value is 0.410. The molecule has 0 saturated heterocycles. The highest BCUT2D eigenvalue weighted by atomic mass is 32.0. The quantitative estimate of drug-likeness (QED) is 0.286. The molecule has 0 saturated carbocycles. The Labute approximate surface area is 42.6 Å². The van der Waals surface area contributed by atoms with Gasteiger partial charge in [-0.1, -0.05) is 0 Å². The van der Waals surface area contributed by atoms with Crippen LogP contribution in [0.1, 0.15) is 0 Å². The monoisotopic (exact) mass is 142 g/mol. The second-order valence-electron chi connectivity index (χ2n) is 0.546. The molecule has 0 bridgehead atoms. The van der Waals surface area contributed by atoms with Crippen molar-refractivity contribution in [3.63, 3.8) is 0 Å². The van der Waals surface area contributed by atoms with E-state index < -0.39 is 14.2 Å². The molecule has 3 nitrogen and oxygen atoms in total. The first kappa shape index (κ1) is 7.41. The van der Waals surface area contributed by atoms with Crippen LogP contribution >= 0.6 is 16.5 Å². The van der Waals surface area contributed by atoms with Gasteiger partial charge < -0.3 is 15.3 Å². The van der Waals surface area contributed by atoms with E-state index in [9.17, 15) is 9.30 Å². The maximum atomic E-state index is 11.0. The third-order valence-electron chi connectivity index (χ3n) is 0.205.